The van der Waals surface area contributed by atoms with Crippen molar-refractivity contribution in [1.29, 1.82) is 0 Å². The molecule has 0 fully saturated rings. The zero-order valence-corrected chi connectivity index (χ0v) is 13.4. The monoisotopic (exact) mass is 282 g/mol. The molecule has 0 heterocycles. The number of rotatable bonds is 4. The molecule has 0 atom stereocenters. The van der Waals surface area contributed by atoms with Crippen LogP contribution in [0.3, 0.4) is 0 Å². The number of carbonyl (C=O) groups is 1. The highest BCUT2D eigenvalue weighted by Gasteiger charge is 2.19. The van der Waals surface area contributed by atoms with Gasteiger partial charge in [0.2, 0.25) is 0 Å². The number of carbonyl (C=O) groups excluding carboxylic acids is 1. The van der Waals surface area contributed by atoms with Crippen LogP contribution in [0.15, 0.2) is 36.4 Å². The number of ether oxygens (including phenoxy) is 1. The van der Waals surface area contributed by atoms with Gasteiger partial charge < -0.3 is 4.74 Å². The van der Waals surface area contributed by atoms with Crippen LogP contribution < -0.4 is 4.74 Å². The zero-order chi connectivity index (χ0) is 15.6. The first-order chi connectivity index (χ1) is 9.90. The number of para-hydroxylation sites is 1. The fourth-order valence-corrected chi connectivity index (χ4v) is 2.68. The minimum atomic E-state index is 0.0289. The second-order valence-corrected chi connectivity index (χ2v) is 5.77. The van der Waals surface area contributed by atoms with Crippen molar-refractivity contribution in [1.82, 2.24) is 0 Å². The fraction of sp³-hybridized carbons (Fsp3) is 0.316. The minimum Gasteiger partial charge on any atom is -0.490 e. The summed E-state index contributed by atoms with van der Waals surface area (Å²) in [6.07, 6.45) is 0.0409. The SMILES string of the molecule is Cc1cc(C)c(C(=O)c2ccccc2OC(C)C)c(C)c1. The van der Waals surface area contributed by atoms with Gasteiger partial charge in [0, 0.05) is 5.56 Å². The number of aryl methyl sites for hydroxylation is 3. The van der Waals surface area contributed by atoms with E-state index in [2.05, 4.69) is 0 Å². The summed E-state index contributed by atoms with van der Waals surface area (Å²) in [4.78, 5) is 12.9. The van der Waals surface area contributed by atoms with Crippen molar-refractivity contribution < 1.29 is 9.53 Å². The van der Waals surface area contributed by atoms with Gasteiger partial charge in [-0.1, -0.05) is 29.8 Å². The molecule has 0 aliphatic carbocycles. The maximum absolute atomic E-state index is 12.9. The first-order valence-corrected chi connectivity index (χ1v) is 7.28. The molecule has 2 aromatic carbocycles. The van der Waals surface area contributed by atoms with Crippen LogP contribution in [0.5, 0.6) is 5.75 Å². The third-order valence-electron chi connectivity index (χ3n) is 3.40. The molecule has 2 aromatic rings. The van der Waals surface area contributed by atoms with Crippen molar-refractivity contribution in [3.8, 4) is 5.75 Å². The van der Waals surface area contributed by atoms with E-state index in [9.17, 15) is 4.79 Å². The van der Waals surface area contributed by atoms with Crippen LogP contribution in [-0.2, 0) is 0 Å². The molecule has 2 nitrogen and oxygen atoms in total. The topological polar surface area (TPSA) is 26.3 Å². The van der Waals surface area contributed by atoms with Crippen molar-refractivity contribution in [3.63, 3.8) is 0 Å². The lowest BCUT2D eigenvalue weighted by Crippen LogP contribution is -2.12. The number of benzene rings is 2. The minimum absolute atomic E-state index is 0.0289. The van der Waals surface area contributed by atoms with Crippen LogP contribution in [-0.4, -0.2) is 11.9 Å². The average molecular weight is 282 g/mol. The Morgan fingerprint density at radius 1 is 1.00 bits per heavy atom. The second-order valence-electron chi connectivity index (χ2n) is 5.77. The summed E-state index contributed by atoms with van der Waals surface area (Å²) in [6.45, 7) is 9.94. The van der Waals surface area contributed by atoms with Gasteiger partial charge in [-0.25, -0.2) is 0 Å². The Morgan fingerprint density at radius 2 is 1.57 bits per heavy atom. The maximum atomic E-state index is 12.9. The predicted octanol–water partition coefficient (Wildman–Crippen LogP) is 4.63. The van der Waals surface area contributed by atoms with E-state index in [-0.39, 0.29) is 11.9 Å². The van der Waals surface area contributed by atoms with E-state index in [1.54, 1.807) is 0 Å². The quantitative estimate of drug-likeness (QED) is 0.764. The van der Waals surface area contributed by atoms with Gasteiger partial charge in [0.25, 0.3) is 0 Å². The fourth-order valence-electron chi connectivity index (χ4n) is 2.68. The van der Waals surface area contributed by atoms with Crippen molar-refractivity contribution >= 4 is 5.78 Å². The smallest absolute Gasteiger partial charge is 0.197 e. The Kier molecular flexibility index (Phi) is 4.46. The number of hydrogen-bond acceptors (Lipinski definition) is 2. The van der Waals surface area contributed by atoms with Gasteiger partial charge in [-0.3, -0.25) is 4.79 Å². The third kappa shape index (κ3) is 3.33. The van der Waals surface area contributed by atoms with Gasteiger partial charge >= 0.3 is 0 Å². The first kappa shape index (κ1) is 15.3. The molecule has 0 bridgehead atoms. The molecule has 0 aliphatic heterocycles. The van der Waals surface area contributed by atoms with Crippen LogP contribution in [0, 0.1) is 20.8 Å². The Hall–Kier alpha value is -2.09. The Bertz CT molecular complexity index is 646. The standard InChI is InChI=1S/C19H22O2/c1-12(2)21-17-9-7-6-8-16(17)19(20)18-14(4)10-13(3)11-15(18)5/h6-12H,1-5H3. The van der Waals surface area contributed by atoms with Gasteiger partial charge in [0.1, 0.15) is 5.75 Å². The molecule has 0 aromatic heterocycles. The first-order valence-electron chi connectivity index (χ1n) is 7.28. The van der Waals surface area contributed by atoms with E-state index in [1.165, 1.54) is 5.56 Å². The summed E-state index contributed by atoms with van der Waals surface area (Å²) in [5.41, 5.74) is 4.60. The highest BCUT2D eigenvalue weighted by molar-refractivity contribution is 6.12. The highest BCUT2D eigenvalue weighted by Crippen LogP contribution is 2.26. The van der Waals surface area contributed by atoms with Crippen molar-refractivity contribution in [3.05, 3.63) is 64.2 Å². The van der Waals surface area contributed by atoms with Gasteiger partial charge in [0.15, 0.2) is 5.78 Å². The van der Waals surface area contributed by atoms with Crippen LogP contribution in [0.1, 0.15) is 46.5 Å². The Morgan fingerprint density at radius 3 is 2.14 bits per heavy atom. The normalized spacial score (nSPS) is 10.8. The van der Waals surface area contributed by atoms with Gasteiger partial charge in [0.05, 0.1) is 11.7 Å². The van der Waals surface area contributed by atoms with Crippen LogP contribution in [0.4, 0.5) is 0 Å². The molecule has 2 rings (SSSR count). The predicted molar refractivity (Wildman–Crippen MR) is 86.3 cm³/mol. The Balaban J connectivity index is 2.51. The molecule has 0 amide bonds. The molecular formula is C19H22O2. The molecule has 0 aliphatic rings. The van der Waals surface area contributed by atoms with E-state index in [0.29, 0.717) is 11.3 Å². The molecular weight excluding hydrogens is 260 g/mol. The molecule has 0 unspecified atom stereocenters. The lowest BCUT2D eigenvalue weighted by atomic mass is 9.93. The van der Waals surface area contributed by atoms with E-state index >= 15 is 0 Å². The average Bonchev–Trinajstić information content (AvgIpc) is 2.37. The van der Waals surface area contributed by atoms with Crippen LogP contribution in [0.25, 0.3) is 0 Å². The van der Waals surface area contributed by atoms with Gasteiger partial charge in [-0.15, -0.1) is 0 Å². The molecule has 110 valence electrons. The lowest BCUT2D eigenvalue weighted by Gasteiger charge is -2.15. The summed E-state index contributed by atoms with van der Waals surface area (Å²) < 4.78 is 5.77. The van der Waals surface area contributed by atoms with Gasteiger partial charge in [-0.05, 0) is 57.9 Å². The molecule has 2 heteroatoms. The summed E-state index contributed by atoms with van der Waals surface area (Å²) >= 11 is 0. The third-order valence-corrected chi connectivity index (χ3v) is 3.40. The van der Waals surface area contributed by atoms with Crippen molar-refractivity contribution in [2.24, 2.45) is 0 Å². The van der Waals surface area contributed by atoms with Crippen LogP contribution >= 0.6 is 0 Å². The summed E-state index contributed by atoms with van der Waals surface area (Å²) in [6, 6.07) is 11.5. The zero-order valence-electron chi connectivity index (χ0n) is 13.4. The highest BCUT2D eigenvalue weighted by atomic mass is 16.5. The Labute approximate surface area is 126 Å². The summed E-state index contributed by atoms with van der Waals surface area (Å²) in [5, 5.41) is 0. The summed E-state index contributed by atoms with van der Waals surface area (Å²) in [5.74, 6) is 0.679. The number of hydrogen-bond donors (Lipinski definition) is 0. The van der Waals surface area contributed by atoms with E-state index in [0.717, 1.165) is 16.7 Å². The molecule has 0 saturated carbocycles. The van der Waals surface area contributed by atoms with Crippen LogP contribution in [0.2, 0.25) is 0 Å². The molecule has 0 saturated heterocycles. The lowest BCUT2D eigenvalue weighted by molar-refractivity contribution is 0.103. The van der Waals surface area contributed by atoms with E-state index in [4.69, 9.17) is 4.74 Å². The molecule has 21 heavy (non-hydrogen) atoms. The van der Waals surface area contributed by atoms with Gasteiger partial charge in [-0.2, -0.15) is 0 Å². The second kappa shape index (κ2) is 6.13. The largest absolute Gasteiger partial charge is 0.490 e. The van der Waals surface area contributed by atoms with E-state index < -0.39 is 0 Å². The molecule has 0 spiro atoms. The van der Waals surface area contributed by atoms with E-state index in [1.807, 2.05) is 71.0 Å². The molecule has 0 N–H and O–H groups in total. The molecule has 0 radical (unpaired) electrons. The number of ketones is 1. The summed E-state index contributed by atoms with van der Waals surface area (Å²) in [7, 11) is 0. The van der Waals surface area contributed by atoms with Crippen molar-refractivity contribution in [2.45, 2.75) is 40.7 Å². The maximum Gasteiger partial charge on any atom is 0.197 e. The van der Waals surface area contributed by atoms with Crippen molar-refractivity contribution in [2.75, 3.05) is 0 Å².